The zero-order valence-electron chi connectivity index (χ0n) is 19.3. The number of hydrogen-bond acceptors (Lipinski definition) is 7. The van der Waals surface area contributed by atoms with Gasteiger partial charge >= 0.3 is 0 Å². The van der Waals surface area contributed by atoms with Crippen LogP contribution in [0.25, 0.3) is 0 Å². The van der Waals surface area contributed by atoms with Gasteiger partial charge in [0.05, 0.1) is 16.9 Å². The molecule has 0 radical (unpaired) electrons. The number of nitrogens with one attached hydrogen (secondary N) is 2. The molecule has 33 heavy (non-hydrogen) atoms. The third-order valence-corrected chi connectivity index (χ3v) is 7.22. The molecule has 2 N–H and O–H groups in total. The van der Waals surface area contributed by atoms with Gasteiger partial charge in [0, 0.05) is 53.5 Å². The minimum absolute atomic E-state index is 0.0384. The van der Waals surface area contributed by atoms with Crippen molar-refractivity contribution in [3.63, 3.8) is 0 Å². The van der Waals surface area contributed by atoms with E-state index >= 15 is 0 Å². The fraction of sp³-hybridized carbons (Fsp3) is 0.417. The molecule has 0 spiro atoms. The van der Waals surface area contributed by atoms with Gasteiger partial charge in [0.2, 0.25) is 0 Å². The van der Waals surface area contributed by atoms with Crippen molar-refractivity contribution >= 4 is 34.8 Å². The molecule has 0 saturated heterocycles. The molecule has 4 rings (SSSR count). The van der Waals surface area contributed by atoms with Crippen LogP contribution in [0.5, 0.6) is 0 Å². The molecule has 5 nitrogen and oxygen atoms in total. The first-order valence-corrected chi connectivity index (χ1v) is 12.7. The highest BCUT2D eigenvalue weighted by molar-refractivity contribution is 8.00. The molecule has 1 saturated carbocycles. The molecule has 1 aromatic carbocycles. The van der Waals surface area contributed by atoms with Gasteiger partial charge in [-0.05, 0) is 52.3 Å². The van der Waals surface area contributed by atoms with Gasteiger partial charge < -0.3 is 10.0 Å². The second kappa shape index (κ2) is 9.95. The number of halogens is 2. The SMILES string of the molecule is CN(Cc1cccc(F)c1CNc1cc(F)c(SNc2cscn2)nc1C1CC1)C(C)(C)C. The Morgan fingerprint density at radius 2 is 2.00 bits per heavy atom. The summed E-state index contributed by atoms with van der Waals surface area (Å²) in [5, 5.41) is 5.42. The third kappa shape index (κ3) is 6.02. The Bertz CT molecular complexity index is 1090. The fourth-order valence-electron chi connectivity index (χ4n) is 3.36. The largest absolute Gasteiger partial charge is 0.379 e. The Balaban J connectivity index is 1.53. The highest BCUT2D eigenvalue weighted by atomic mass is 32.2. The van der Waals surface area contributed by atoms with E-state index in [0.717, 1.165) is 36.0 Å². The van der Waals surface area contributed by atoms with E-state index in [9.17, 15) is 8.78 Å². The molecule has 176 valence electrons. The standard InChI is InChI=1S/C24H29F2N5S2/c1-24(2,3)31(4)12-16-6-5-7-18(25)17(16)11-27-20-10-19(26)23(29-22(20)15-8-9-15)33-30-21-13-32-14-28-21/h5-7,10,13-15,27,30H,8-9,11-12H2,1-4H3. The first-order valence-electron chi connectivity index (χ1n) is 10.9. The lowest BCUT2D eigenvalue weighted by Gasteiger charge is -2.32. The maximum Gasteiger partial charge on any atom is 0.159 e. The second-order valence-corrected chi connectivity index (χ2v) is 10.8. The number of thiazole rings is 1. The van der Waals surface area contributed by atoms with E-state index in [-0.39, 0.29) is 22.9 Å². The summed E-state index contributed by atoms with van der Waals surface area (Å²) in [6, 6.07) is 6.64. The summed E-state index contributed by atoms with van der Waals surface area (Å²) in [7, 11) is 2.03. The van der Waals surface area contributed by atoms with E-state index in [1.165, 1.54) is 23.5 Å². The fourth-order valence-corrected chi connectivity index (χ4v) is 4.53. The van der Waals surface area contributed by atoms with E-state index in [2.05, 4.69) is 45.7 Å². The van der Waals surface area contributed by atoms with Crippen molar-refractivity contribution in [3.05, 3.63) is 63.6 Å². The molecule has 2 heterocycles. The Labute approximate surface area is 202 Å². The monoisotopic (exact) mass is 489 g/mol. The van der Waals surface area contributed by atoms with Gasteiger partial charge in [0.15, 0.2) is 10.8 Å². The molecule has 2 aromatic heterocycles. The van der Waals surface area contributed by atoms with Crippen LogP contribution in [-0.4, -0.2) is 27.5 Å². The molecule has 1 aliphatic carbocycles. The number of benzene rings is 1. The molecule has 9 heteroatoms. The van der Waals surface area contributed by atoms with Crippen LogP contribution in [0.15, 0.2) is 40.2 Å². The Kier molecular flexibility index (Phi) is 7.21. The summed E-state index contributed by atoms with van der Waals surface area (Å²) in [5.41, 5.74) is 4.66. The normalized spacial score (nSPS) is 14.0. The van der Waals surface area contributed by atoms with E-state index in [0.29, 0.717) is 29.5 Å². The molecule has 0 amide bonds. The van der Waals surface area contributed by atoms with Crippen LogP contribution in [0, 0.1) is 11.6 Å². The predicted molar refractivity (Wildman–Crippen MR) is 133 cm³/mol. The molecule has 0 atom stereocenters. The van der Waals surface area contributed by atoms with Gasteiger partial charge in [-0.3, -0.25) is 4.90 Å². The summed E-state index contributed by atoms with van der Waals surface area (Å²) >= 11 is 2.58. The van der Waals surface area contributed by atoms with Crippen LogP contribution in [0.2, 0.25) is 0 Å². The second-order valence-electron chi connectivity index (χ2n) is 9.32. The van der Waals surface area contributed by atoms with Gasteiger partial charge in [-0.25, -0.2) is 18.7 Å². The average molecular weight is 490 g/mol. The smallest absolute Gasteiger partial charge is 0.159 e. The lowest BCUT2D eigenvalue weighted by Crippen LogP contribution is -2.37. The quantitative estimate of drug-likeness (QED) is 0.328. The summed E-state index contributed by atoms with van der Waals surface area (Å²) in [5.74, 6) is 0.298. The first kappa shape index (κ1) is 23.9. The van der Waals surface area contributed by atoms with Crippen molar-refractivity contribution in [2.24, 2.45) is 0 Å². The molecule has 1 fully saturated rings. The summed E-state index contributed by atoms with van der Waals surface area (Å²) in [4.78, 5) is 10.9. The first-order chi connectivity index (χ1) is 15.7. The van der Waals surface area contributed by atoms with Crippen molar-refractivity contribution in [1.29, 1.82) is 0 Å². The number of aromatic nitrogens is 2. The van der Waals surface area contributed by atoms with Crippen LogP contribution in [0.3, 0.4) is 0 Å². The number of pyridine rings is 1. The molecular formula is C24H29F2N5S2. The van der Waals surface area contributed by atoms with Crippen LogP contribution in [0.1, 0.15) is 56.4 Å². The van der Waals surface area contributed by atoms with E-state index < -0.39 is 5.82 Å². The number of anilines is 2. The summed E-state index contributed by atoms with van der Waals surface area (Å²) in [6.45, 7) is 7.28. The zero-order valence-corrected chi connectivity index (χ0v) is 20.9. The lowest BCUT2D eigenvalue weighted by atomic mass is 10.0. The predicted octanol–water partition coefficient (Wildman–Crippen LogP) is 6.66. The van der Waals surface area contributed by atoms with Crippen molar-refractivity contribution in [2.75, 3.05) is 17.1 Å². The maximum absolute atomic E-state index is 14.9. The van der Waals surface area contributed by atoms with Gasteiger partial charge in [-0.1, -0.05) is 12.1 Å². The Morgan fingerprint density at radius 3 is 2.67 bits per heavy atom. The van der Waals surface area contributed by atoms with Gasteiger partial charge in [-0.15, -0.1) is 11.3 Å². The summed E-state index contributed by atoms with van der Waals surface area (Å²) < 4.78 is 32.7. The van der Waals surface area contributed by atoms with E-state index in [4.69, 9.17) is 0 Å². The number of hydrogen-bond donors (Lipinski definition) is 2. The minimum atomic E-state index is -0.421. The van der Waals surface area contributed by atoms with Crippen molar-refractivity contribution < 1.29 is 8.78 Å². The van der Waals surface area contributed by atoms with Crippen molar-refractivity contribution in [3.8, 4) is 0 Å². The highest BCUT2D eigenvalue weighted by Crippen LogP contribution is 2.43. The van der Waals surface area contributed by atoms with Crippen LogP contribution in [0.4, 0.5) is 20.3 Å². The molecule has 3 aromatic rings. The highest BCUT2D eigenvalue weighted by Gasteiger charge is 2.29. The zero-order chi connectivity index (χ0) is 23.6. The van der Waals surface area contributed by atoms with Crippen LogP contribution in [-0.2, 0) is 13.1 Å². The van der Waals surface area contributed by atoms with Crippen molar-refractivity contribution in [1.82, 2.24) is 14.9 Å². The summed E-state index contributed by atoms with van der Waals surface area (Å²) in [6.07, 6.45) is 2.05. The molecule has 1 aliphatic rings. The van der Waals surface area contributed by atoms with Crippen molar-refractivity contribution in [2.45, 2.75) is 63.2 Å². The van der Waals surface area contributed by atoms with Gasteiger partial charge in [0.25, 0.3) is 0 Å². The average Bonchev–Trinajstić information content (AvgIpc) is 3.46. The van der Waals surface area contributed by atoms with Gasteiger partial charge in [0.1, 0.15) is 11.6 Å². The lowest BCUT2D eigenvalue weighted by molar-refractivity contribution is 0.167. The van der Waals surface area contributed by atoms with Gasteiger partial charge in [-0.2, -0.15) is 0 Å². The molecule has 0 unspecified atom stereocenters. The topological polar surface area (TPSA) is 53.1 Å². The van der Waals surface area contributed by atoms with Crippen LogP contribution >= 0.6 is 23.3 Å². The maximum atomic E-state index is 14.9. The molecule has 0 bridgehead atoms. The third-order valence-electron chi connectivity index (χ3n) is 5.85. The molecular weight excluding hydrogens is 460 g/mol. The van der Waals surface area contributed by atoms with Crippen LogP contribution < -0.4 is 10.0 Å². The minimum Gasteiger partial charge on any atom is -0.379 e. The number of rotatable bonds is 9. The Hall–Kier alpha value is -2.23. The van der Waals surface area contributed by atoms with E-state index in [1.54, 1.807) is 11.6 Å². The van der Waals surface area contributed by atoms with E-state index in [1.807, 2.05) is 18.5 Å². The Morgan fingerprint density at radius 1 is 1.21 bits per heavy atom. The number of nitrogens with zero attached hydrogens (tertiary/aromatic N) is 3. The molecule has 0 aliphatic heterocycles.